The SMILES string of the molecule is Brc1ccsc1CN1CCCOc2ccccc21. The molecule has 18 heavy (non-hydrogen) atoms. The molecule has 4 heteroatoms. The van der Waals surface area contributed by atoms with Crippen molar-refractivity contribution >= 4 is 33.0 Å². The Balaban J connectivity index is 1.90. The van der Waals surface area contributed by atoms with Crippen molar-refractivity contribution in [2.75, 3.05) is 18.1 Å². The summed E-state index contributed by atoms with van der Waals surface area (Å²) in [5, 5.41) is 2.12. The van der Waals surface area contributed by atoms with Gasteiger partial charge in [-0.15, -0.1) is 11.3 Å². The van der Waals surface area contributed by atoms with Crippen LogP contribution in [0, 0.1) is 0 Å². The summed E-state index contributed by atoms with van der Waals surface area (Å²) in [6.45, 7) is 2.79. The molecule has 2 aromatic rings. The zero-order chi connectivity index (χ0) is 12.4. The molecule has 1 aromatic heterocycles. The fourth-order valence-corrected chi connectivity index (χ4v) is 3.67. The molecule has 0 spiro atoms. The second-order valence-electron chi connectivity index (χ2n) is 4.28. The van der Waals surface area contributed by atoms with Gasteiger partial charge in [-0.25, -0.2) is 0 Å². The van der Waals surface area contributed by atoms with Crippen LogP contribution in [0.15, 0.2) is 40.2 Å². The average molecular weight is 324 g/mol. The number of hydrogen-bond donors (Lipinski definition) is 0. The maximum Gasteiger partial charge on any atom is 0.142 e. The first-order valence-electron chi connectivity index (χ1n) is 6.03. The van der Waals surface area contributed by atoms with Gasteiger partial charge in [-0.1, -0.05) is 12.1 Å². The van der Waals surface area contributed by atoms with Crippen molar-refractivity contribution in [1.29, 1.82) is 0 Å². The van der Waals surface area contributed by atoms with Gasteiger partial charge >= 0.3 is 0 Å². The standard InChI is InChI=1S/C14H14BrNOS/c15-11-6-9-18-14(11)10-16-7-3-8-17-13-5-2-1-4-12(13)16/h1-2,4-6,9H,3,7-8,10H2. The highest BCUT2D eigenvalue weighted by Crippen LogP contribution is 2.33. The summed E-state index contributed by atoms with van der Waals surface area (Å²) < 4.78 is 6.98. The molecule has 3 rings (SSSR count). The second kappa shape index (κ2) is 5.33. The van der Waals surface area contributed by atoms with Gasteiger partial charge in [-0.2, -0.15) is 0 Å². The fourth-order valence-electron chi connectivity index (χ4n) is 2.17. The summed E-state index contributed by atoms with van der Waals surface area (Å²) >= 11 is 5.40. The first-order chi connectivity index (χ1) is 8.84. The molecule has 0 saturated heterocycles. The lowest BCUT2D eigenvalue weighted by atomic mass is 10.2. The summed E-state index contributed by atoms with van der Waals surface area (Å²) in [4.78, 5) is 3.77. The quantitative estimate of drug-likeness (QED) is 0.817. The summed E-state index contributed by atoms with van der Waals surface area (Å²) in [6, 6.07) is 10.4. The van der Waals surface area contributed by atoms with Gasteiger partial charge in [0.15, 0.2) is 0 Å². The number of hydrogen-bond acceptors (Lipinski definition) is 3. The number of anilines is 1. The zero-order valence-electron chi connectivity index (χ0n) is 9.93. The van der Waals surface area contributed by atoms with E-state index in [0.717, 1.165) is 31.9 Å². The molecule has 2 nitrogen and oxygen atoms in total. The van der Waals surface area contributed by atoms with Crippen LogP contribution < -0.4 is 9.64 Å². The van der Waals surface area contributed by atoms with Gasteiger partial charge in [0.1, 0.15) is 5.75 Å². The zero-order valence-corrected chi connectivity index (χ0v) is 12.3. The largest absolute Gasteiger partial charge is 0.491 e. The first-order valence-corrected chi connectivity index (χ1v) is 7.70. The average Bonchev–Trinajstić information content (AvgIpc) is 2.68. The molecule has 1 aromatic carbocycles. The molecule has 0 amide bonds. The van der Waals surface area contributed by atoms with Crippen LogP contribution in [0.3, 0.4) is 0 Å². The molecule has 0 fully saturated rings. The first kappa shape index (κ1) is 12.1. The van der Waals surface area contributed by atoms with E-state index in [9.17, 15) is 0 Å². The maximum absolute atomic E-state index is 5.78. The minimum atomic E-state index is 0.805. The Labute approximate surface area is 119 Å². The lowest BCUT2D eigenvalue weighted by Crippen LogP contribution is -2.22. The normalized spacial score (nSPS) is 14.8. The van der Waals surface area contributed by atoms with Crippen LogP contribution in [-0.2, 0) is 6.54 Å². The number of fused-ring (bicyclic) bond motifs is 1. The Morgan fingerprint density at radius 3 is 3.00 bits per heavy atom. The third-order valence-electron chi connectivity index (χ3n) is 3.06. The van der Waals surface area contributed by atoms with Gasteiger partial charge in [0.05, 0.1) is 18.8 Å². The van der Waals surface area contributed by atoms with E-state index in [1.54, 1.807) is 11.3 Å². The van der Waals surface area contributed by atoms with Crippen LogP contribution in [0.4, 0.5) is 5.69 Å². The number of rotatable bonds is 2. The third kappa shape index (κ3) is 2.40. The Bertz CT molecular complexity index is 540. The van der Waals surface area contributed by atoms with Gasteiger partial charge in [0, 0.05) is 15.9 Å². The van der Waals surface area contributed by atoms with E-state index in [1.807, 2.05) is 6.07 Å². The molecular weight excluding hydrogens is 310 g/mol. The monoisotopic (exact) mass is 323 g/mol. The number of halogens is 1. The molecule has 0 N–H and O–H groups in total. The van der Waals surface area contributed by atoms with Gasteiger partial charge in [-0.3, -0.25) is 0 Å². The summed E-state index contributed by atoms with van der Waals surface area (Å²) in [5.41, 5.74) is 1.20. The van der Waals surface area contributed by atoms with Gasteiger partial charge in [0.2, 0.25) is 0 Å². The summed E-state index contributed by atoms with van der Waals surface area (Å²) in [5.74, 6) is 1.00. The van der Waals surface area contributed by atoms with Crippen molar-refractivity contribution in [2.45, 2.75) is 13.0 Å². The van der Waals surface area contributed by atoms with Crippen LogP contribution in [0.1, 0.15) is 11.3 Å². The van der Waals surface area contributed by atoms with E-state index < -0.39 is 0 Å². The maximum atomic E-state index is 5.78. The molecule has 94 valence electrons. The van der Waals surface area contributed by atoms with Crippen molar-refractivity contribution in [1.82, 2.24) is 0 Å². The Kier molecular flexibility index (Phi) is 3.57. The summed E-state index contributed by atoms with van der Waals surface area (Å²) in [6.07, 6.45) is 1.07. The van der Waals surface area contributed by atoms with E-state index >= 15 is 0 Å². The predicted octanol–water partition coefficient (Wildman–Crippen LogP) is 4.30. The van der Waals surface area contributed by atoms with E-state index in [0.29, 0.717) is 0 Å². The highest BCUT2D eigenvalue weighted by Gasteiger charge is 2.17. The van der Waals surface area contributed by atoms with E-state index in [2.05, 4.69) is 50.5 Å². The predicted molar refractivity (Wildman–Crippen MR) is 79.6 cm³/mol. The van der Waals surface area contributed by atoms with Crippen LogP contribution in [0.2, 0.25) is 0 Å². The van der Waals surface area contributed by atoms with Crippen LogP contribution >= 0.6 is 27.3 Å². The van der Waals surface area contributed by atoms with E-state index in [4.69, 9.17) is 4.74 Å². The van der Waals surface area contributed by atoms with Crippen molar-refractivity contribution in [3.8, 4) is 5.75 Å². The molecule has 2 heterocycles. The third-order valence-corrected chi connectivity index (χ3v) is 4.97. The minimum absolute atomic E-state index is 0.805. The Hall–Kier alpha value is -1.00. The number of ether oxygens (including phenoxy) is 1. The number of nitrogens with zero attached hydrogens (tertiary/aromatic N) is 1. The van der Waals surface area contributed by atoms with E-state index in [-0.39, 0.29) is 0 Å². The van der Waals surface area contributed by atoms with Gasteiger partial charge < -0.3 is 9.64 Å². The van der Waals surface area contributed by atoms with Crippen LogP contribution in [0.25, 0.3) is 0 Å². The molecule has 0 atom stereocenters. The van der Waals surface area contributed by atoms with Crippen molar-refractivity contribution in [2.24, 2.45) is 0 Å². The van der Waals surface area contributed by atoms with Crippen LogP contribution in [-0.4, -0.2) is 13.2 Å². The van der Waals surface area contributed by atoms with Crippen LogP contribution in [0.5, 0.6) is 5.75 Å². The Morgan fingerprint density at radius 1 is 1.28 bits per heavy atom. The highest BCUT2D eigenvalue weighted by molar-refractivity contribution is 9.10. The van der Waals surface area contributed by atoms with Crippen molar-refractivity contribution < 1.29 is 4.74 Å². The smallest absolute Gasteiger partial charge is 0.142 e. The minimum Gasteiger partial charge on any atom is -0.491 e. The molecule has 0 bridgehead atoms. The lowest BCUT2D eigenvalue weighted by molar-refractivity contribution is 0.322. The Morgan fingerprint density at radius 2 is 2.17 bits per heavy atom. The van der Waals surface area contributed by atoms with E-state index in [1.165, 1.54) is 15.0 Å². The fraction of sp³-hybridized carbons (Fsp3) is 0.286. The molecule has 1 aliphatic heterocycles. The highest BCUT2D eigenvalue weighted by atomic mass is 79.9. The van der Waals surface area contributed by atoms with Crippen molar-refractivity contribution in [3.63, 3.8) is 0 Å². The molecule has 0 saturated carbocycles. The molecule has 0 radical (unpaired) electrons. The topological polar surface area (TPSA) is 12.5 Å². The molecule has 0 aliphatic carbocycles. The van der Waals surface area contributed by atoms with Gasteiger partial charge in [-0.05, 0) is 45.9 Å². The number of thiophene rings is 1. The molecular formula is C14H14BrNOS. The lowest BCUT2D eigenvalue weighted by Gasteiger charge is -2.23. The van der Waals surface area contributed by atoms with Gasteiger partial charge in [0.25, 0.3) is 0 Å². The number of benzene rings is 1. The molecule has 0 unspecified atom stereocenters. The second-order valence-corrected chi connectivity index (χ2v) is 6.14. The summed E-state index contributed by atoms with van der Waals surface area (Å²) in [7, 11) is 0. The van der Waals surface area contributed by atoms with Crippen molar-refractivity contribution in [3.05, 3.63) is 45.1 Å². The number of para-hydroxylation sites is 2. The molecule has 1 aliphatic rings.